The first-order chi connectivity index (χ1) is 18.5. The number of aryl methyl sites for hydroxylation is 1. The zero-order chi connectivity index (χ0) is 26.5. The smallest absolute Gasteiger partial charge is 0.340 e. The van der Waals surface area contributed by atoms with Crippen LogP contribution in [-0.4, -0.2) is 55.2 Å². The largest absolute Gasteiger partial charge is 0.466 e. The third-order valence-electron chi connectivity index (χ3n) is 7.23. The second-order valence-electron chi connectivity index (χ2n) is 9.73. The van der Waals surface area contributed by atoms with Gasteiger partial charge in [0.2, 0.25) is 0 Å². The summed E-state index contributed by atoms with van der Waals surface area (Å²) in [6.07, 6.45) is 5.21. The molecule has 2 aromatic heterocycles. The maximum absolute atomic E-state index is 12.3. The second-order valence-corrected chi connectivity index (χ2v) is 9.73. The summed E-state index contributed by atoms with van der Waals surface area (Å²) >= 11 is 0. The molecule has 1 N–H and O–H groups in total. The number of nitriles is 1. The van der Waals surface area contributed by atoms with E-state index in [1.54, 1.807) is 13.0 Å². The molecule has 0 unspecified atom stereocenters. The third kappa shape index (κ3) is 5.74. The minimum atomic E-state index is -0.497. The minimum Gasteiger partial charge on any atom is -0.466 e. The Morgan fingerprint density at radius 3 is 2.71 bits per heavy atom. The van der Waals surface area contributed by atoms with Gasteiger partial charge in [-0.3, -0.25) is 9.69 Å². The van der Waals surface area contributed by atoms with Crippen molar-refractivity contribution in [1.82, 2.24) is 9.88 Å². The Morgan fingerprint density at radius 1 is 1.08 bits per heavy atom. The highest BCUT2D eigenvalue weighted by Gasteiger charge is 2.18. The van der Waals surface area contributed by atoms with Gasteiger partial charge < -0.3 is 19.0 Å². The predicted molar refractivity (Wildman–Crippen MR) is 147 cm³/mol. The lowest BCUT2D eigenvalue weighted by Gasteiger charge is -2.36. The molecule has 1 aliphatic rings. The van der Waals surface area contributed by atoms with Crippen LogP contribution in [0.25, 0.3) is 21.9 Å². The van der Waals surface area contributed by atoms with Crippen LogP contribution in [0.2, 0.25) is 0 Å². The number of nitrogens with zero attached hydrogens (tertiary/aromatic N) is 3. The van der Waals surface area contributed by atoms with Crippen LogP contribution < -0.4 is 10.5 Å². The number of aromatic nitrogens is 1. The first kappa shape index (κ1) is 25.6. The number of hydrogen-bond donors (Lipinski definition) is 1. The van der Waals surface area contributed by atoms with Gasteiger partial charge in [0.05, 0.1) is 24.7 Å². The van der Waals surface area contributed by atoms with Crippen LogP contribution in [0.5, 0.6) is 0 Å². The average molecular weight is 513 g/mol. The highest BCUT2D eigenvalue weighted by Crippen LogP contribution is 2.24. The number of unbranched alkanes of at least 4 members (excludes halogenated alkanes) is 1. The number of nitrogens with one attached hydrogen (secondary N) is 1. The molecular weight excluding hydrogens is 480 g/mol. The molecule has 0 amide bonds. The van der Waals surface area contributed by atoms with Gasteiger partial charge in [-0.25, -0.2) is 4.79 Å². The van der Waals surface area contributed by atoms with E-state index < -0.39 is 11.6 Å². The Balaban J connectivity index is 1.13. The summed E-state index contributed by atoms with van der Waals surface area (Å²) in [5.74, 6) is -0.430. The van der Waals surface area contributed by atoms with E-state index in [9.17, 15) is 14.9 Å². The molecule has 8 heteroatoms. The lowest BCUT2D eigenvalue weighted by atomic mass is 10.0. The van der Waals surface area contributed by atoms with Gasteiger partial charge in [0.25, 0.3) is 0 Å². The second kappa shape index (κ2) is 11.5. The van der Waals surface area contributed by atoms with Gasteiger partial charge in [-0.2, -0.15) is 5.26 Å². The van der Waals surface area contributed by atoms with Crippen LogP contribution in [0, 0.1) is 11.3 Å². The summed E-state index contributed by atoms with van der Waals surface area (Å²) in [6.45, 7) is 6.94. The number of H-pyrrole nitrogens is 1. The molecule has 1 fully saturated rings. The number of aromatic amines is 1. The van der Waals surface area contributed by atoms with E-state index >= 15 is 0 Å². The number of fused-ring (bicyclic) bond motifs is 2. The van der Waals surface area contributed by atoms with Crippen molar-refractivity contribution in [2.75, 3.05) is 44.2 Å². The van der Waals surface area contributed by atoms with Gasteiger partial charge in [-0.15, -0.1) is 0 Å². The number of esters is 1. The molecule has 5 rings (SSSR count). The zero-order valence-corrected chi connectivity index (χ0v) is 21.7. The van der Waals surface area contributed by atoms with E-state index in [0.717, 1.165) is 74.0 Å². The van der Waals surface area contributed by atoms with Crippen LogP contribution in [-0.2, 0) is 22.4 Å². The van der Waals surface area contributed by atoms with Crippen LogP contribution >= 0.6 is 0 Å². The Morgan fingerprint density at radius 2 is 1.92 bits per heavy atom. The number of anilines is 1. The average Bonchev–Trinajstić information content (AvgIpc) is 3.34. The predicted octanol–water partition coefficient (Wildman–Crippen LogP) is 4.40. The van der Waals surface area contributed by atoms with E-state index in [1.165, 1.54) is 5.56 Å². The van der Waals surface area contributed by atoms with Gasteiger partial charge in [0.1, 0.15) is 5.58 Å². The topological polar surface area (TPSA) is 103 Å². The van der Waals surface area contributed by atoms with Crippen molar-refractivity contribution in [2.24, 2.45) is 0 Å². The fraction of sp³-hybridized carbons (Fsp3) is 0.367. The molecule has 38 heavy (non-hydrogen) atoms. The van der Waals surface area contributed by atoms with Crippen LogP contribution in [0.1, 0.15) is 36.5 Å². The van der Waals surface area contributed by atoms with E-state index in [-0.39, 0.29) is 13.0 Å². The van der Waals surface area contributed by atoms with E-state index in [2.05, 4.69) is 27.0 Å². The van der Waals surface area contributed by atoms with Crippen molar-refractivity contribution >= 4 is 33.5 Å². The van der Waals surface area contributed by atoms with Crippen molar-refractivity contribution in [3.63, 3.8) is 0 Å². The van der Waals surface area contributed by atoms with Gasteiger partial charge in [0, 0.05) is 59.9 Å². The summed E-state index contributed by atoms with van der Waals surface area (Å²) in [7, 11) is 0. The molecule has 0 radical (unpaired) electrons. The van der Waals surface area contributed by atoms with Gasteiger partial charge in [0.15, 0.2) is 0 Å². The molecule has 3 heterocycles. The summed E-state index contributed by atoms with van der Waals surface area (Å²) < 4.78 is 10.4. The molecule has 0 spiro atoms. The molecule has 0 bridgehead atoms. The molecule has 0 saturated carbocycles. The maximum Gasteiger partial charge on any atom is 0.340 e. The van der Waals surface area contributed by atoms with Crippen molar-refractivity contribution < 1.29 is 13.9 Å². The SMILES string of the molecule is CCOC(=O)Cc1cc2cc(N3CCN(CCCCc4c[nH]c5ccc(C#N)cc45)CC3)ccc2oc1=O. The van der Waals surface area contributed by atoms with Crippen molar-refractivity contribution in [1.29, 1.82) is 5.26 Å². The molecule has 8 nitrogen and oxygen atoms in total. The normalized spacial score (nSPS) is 14.2. The van der Waals surface area contributed by atoms with Crippen molar-refractivity contribution in [3.05, 3.63) is 75.8 Å². The highest BCUT2D eigenvalue weighted by atomic mass is 16.5. The fourth-order valence-corrected chi connectivity index (χ4v) is 5.18. The number of carbonyl (C=O) groups excluding carboxylic acids is 1. The number of benzene rings is 2. The lowest BCUT2D eigenvalue weighted by Crippen LogP contribution is -2.46. The van der Waals surface area contributed by atoms with E-state index in [0.29, 0.717) is 16.7 Å². The molecular formula is C30H32N4O4. The number of carbonyl (C=O) groups is 1. The molecule has 1 aliphatic heterocycles. The third-order valence-corrected chi connectivity index (χ3v) is 7.23. The van der Waals surface area contributed by atoms with Crippen LogP contribution in [0.3, 0.4) is 0 Å². The first-order valence-corrected chi connectivity index (χ1v) is 13.2. The monoisotopic (exact) mass is 512 g/mol. The fourth-order valence-electron chi connectivity index (χ4n) is 5.18. The lowest BCUT2D eigenvalue weighted by molar-refractivity contribution is -0.142. The molecule has 1 saturated heterocycles. The van der Waals surface area contributed by atoms with Crippen molar-refractivity contribution in [2.45, 2.75) is 32.6 Å². The van der Waals surface area contributed by atoms with E-state index in [4.69, 9.17) is 9.15 Å². The van der Waals surface area contributed by atoms with Gasteiger partial charge in [-0.05, 0) is 80.8 Å². The summed E-state index contributed by atoms with van der Waals surface area (Å²) in [6, 6.07) is 15.6. The van der Waals surface area contributed by atoms with E-state index in [1.807, 2.05) is 36.4 Å². The molecule has 4 aromatic rings. The van der Waals surface area contributed by atoms with Crippen molar-refractivity contribution in [3.8, 4) is 6.07 Å². The Hall–Kier alpha value is -4.09. The van der Waals surface area contributed by atoms with Gasteiger partial charge >= 0.3 is 11.6 Å². The van der Waals surface area contributed by atoms with Crippen LogP contribution in [0.15, 0.2) is 57.9 Å². The molecule has 196 valence electrons. The Kier molecular flexibility index (Phi) is 7.75. The molecule has 2 aromatic carbocycles. The number of piperazine rings is 1. The number of rotatable bonds is 9. The maximum atomic E-state index is 12.3. The zero-order valence-electron chi connectivity index (χ0n) is 21.7. The summed E-state index contributed by atoms with van der Waals surface area (Å²) in [5.41, 5.74) is 4.48. The summed E-state index contributed by atoms with van der Waals surface area (Å²) in [4.78, 5) is 32.3. The number of hydrogen-bond acceptors (Lipinski definition) is 7. The molecule has 0 aliphatic carbocycles. The van der Waals surface area contributed by atoms with Crippen LogP contribution in [0.4, 0.5) is 5.69 Å². The summed E-state index contributed by atoms with van der Waals surface area (Å²) in [5, 5.41) is 11.1. The Bertz CT molecular complexity index is 1540. The molecule has 0 atom stereocenters. The quantitative estimate of drug-likeness (QED) is 0.201. The first-order valence-electron chi connectivity index (χ1n) is 13.2. The Labute approximate surface area is 221 Å². The highest BCUT2D eigenvalue weighted by molar-refractivity contribution is 5.84. The minimum absolute atomic E-state index is 0.0871. The van der Waals surface area contributed by atoms with Gasteiger partial charge in [-0.1, -0.05) is 0 Å². The standard InChI is InChI=1S/C30H32N4O4/c1-2-37-29(35)18-24-16-23-17-25(7-9-28(23)38-30(24)36)34-13-11-33(12-14-34)10-4-3-5-22-20-32-27-8-6-21(19-31)15-26(22)27/h6-9,15-17,20,32H,2-5,10-14,18H2,1H3. The number of ether oxygens (including phenoxy) is 1.